The van der Waals surface area contributed by atoms with Crippen LogP contribution in [0.4, 0.5) is 5.13 Å². The molecular weight excluding hydrogens is 370 g/mol. The van der Waals surface area contributed by atoms with Crippen molar-refractivity contribution in [2.75, 3.05) is 17.3 Å². The van der Waals surface area contributed by atoms with Crippen LogP contribution in [0.15, 0.2) is 5.38 Å². The van der Waals surface area contributed by atoms with Crippen LogP contribution in [0, 0.1) is 0 Å². The molecule has 0 aromatic carbocycles. The Hall–Kier alpha value is -1.98. The normalized spacial score (nSPS) is 18.5. The summed E-state index contributed by atoms with van der Waals surface area (Å²) in [5.74, 6) is -2.44. The molecular formula is C14H17N3O6S2. The number of hydrogen-bond donors (Lipinski definition) is 2. The fraction of sp³-hybridized carbons (Fsp3) is 0.500. The number of amides is 2. The number of carboxylic acid groups (broad SMARTS) is 1. The number of imide groups is 1. The topological polar surface area (TPSA) is 140 Å². The summed E-state index contributed by atoms with van der Waals surface area (Å²) in [6.07, 6.45) is -0.0746. The average Bonchev–Trinajstić information content (AvgIpc) is 3.09. The maximum absolute atomic E-state index is 12.4. The number of esters is 1. The first-order chi connectivity index (χ1) is 11.8. The molecule has 2 rings (SSSR count). The maximum atomic E-state index is 12.4. The van der Waals surface area contributed by atoms with Crippen molar-refractivity contribution in [3.8, 4) is 0 Å². The van der Waals surface area contributed by atoms with Crippen LogP contribution in [0.1, 0.15) is 19.0 Å². The lowest BCUT2D eigenvalue weighted by Crippen LogP contribution is -2.35. The Bertz CT molecular complexity index is 692. The molecule has 2 heterocycles. The zero-order valence-electron chi connectivity index (χ0n) is 13.3. The number of rotatable bonds is 8. The summed E-state index contributed by atoms with van der Waals surface area (Å²) in [6.45, 7) is 1.95. The fourth-order valence-electron chi connectivity index (χ4n) is 2.07. The molecule has 0 bridgehead atoms. The number of hydrogen-bond acceptors (Lipinski definition) is 9. The molecule has 1 aliphatic heterocycles. The molecule has 2 amide bonds. The van der Waals surface area contributed by atoms with E-state index in [0.717, 1.165) is 28.0 Å². The summed E-state index contributed by atoms with van der Waals surface area (Å²) < 4.78 is 4.83. The molecule has 2 atom stereocenters. The van der Waals surface area contributed by atoms with Gasteiger partial charge in [0.05, 0.1) is 24.0 Å². The van der Waals surface area contributed by atoms with Gasteiger partial charge in [0.15, 0.2) is 5.13 Å². The van der Waals surface area contributed by atoms with Crippen molar-refractivity contribution >= 4 is 52.0 Å². The largest absolute Gasteiger partial charge is 0.480 e. The molecule has 9 nitrogen and oxygen atoms in total. The summed E-state index contributed by atoms with van der Waals surface area (Å²) in [5.41, 5.74) is 5.83. The Morgan fingerprint density at radius 3 is 2.92 bits per heavy atom. The van der Waals surface area contributed by atoms with Crippen LogP contribution in [0.5, 0.6) is 0 Å². The summed E-state index contributed by atoms with van der Waals surface area (Å²) >= 11 is 2.12. The lowest BCUT2D eigenvalue weighted by Gasteiger charge is -2.12. The van der Waals surface area contributed by atoms with Crippen LogP contribution in [0.25, 0.3) is 0 Å². The average molecular weight is 387 g/mol. The van der Waals surface area contributed by atoms with Gasteiger partial charge < -0.3 is 15.6 Å². The minimum atomic E-state index is -1.16. The quantitative estimate of drug-likeness (QED) is 0.467. The van der Waals surface area contributed by atoms with E-state index in [9.17, 15) is 19.2 Å². The third-order valence-electron chi connectivity index (χ3n) is 3.26. The maximum Gasteiger partial charge on any atom is 0.321 e. The summed E-state index contributed by atoms with van der Waals surface area (Å²) in [6, 6.07) is -1.10. The third-order valence-corrected chi connectivity index (χ3v) is 5.46. The molecule has 0 spiro atoms. The van der Waals surface area contributed by atoms with Gasteiger partial charge in [-0.05, 0) is 6.92 Å². The van der Waals surface area contributed by atoms with E-state index in [0.29, 0.717) is 5.69 Å². The summed E-state index contributed by atoms with van der Waals surface area (Å²) in [5, 5.41) is 9.87. The van der Waals surface area contributed by atoms with Crippen molar-refractivity contribution in [3.05, 3.63) is 11.1 Å². The van der Waals surface area contributed by atoms with Gasteiger partial charge in [0, 0.05) is 17.6 Å². The van der Waals surface area contributed by atoms with Gasteiger partial charge in [-0.15, -0.1) is 23.1 Å². The van der Waals surface area contributed by atoms with E-state index < -0.39 is 35.0 Å². The van der Waals surface area contributed by atoms with E-state index in [2.05, 4.69) is 4.98 Å². The SMILES string of the molecule is CCOC(=O)Cc1csc(N2C(=O)CC(SCC(N)C(=O)O)C2=O)n1. The van der Waals surface area contributed by atoms with Crippen molar-refractivity contribution in [3.63, 3.8) is 0 Å². The van der Waals surface area contributed by atoms with E-state index in [1.165, 1.54) is 0 Å². The molecule has 0 saturated carbocycles. The van der Waals surface area contributed by atoms with Crippen molar-refractivity contribution in [1.29, 1.82) is 0 Å². The van der Waals surface area contributed by atoms with Crippen molar-refractivity contribution in [2.24, 2.45) is 5.73 Å². The zero-order valence-corrected chi connectivity index (χ0v) is 15.0. The number of aromatic nitrogens is 1. The molecule has 2 unspecified atom stereocenters. The van der Waals surface area contributed by atoms with E-state index in [4.69, 9.17) is 15.6 Å². The van der Waals surface area contributed by atoms with E-state index in [-0.39, 0.29) is 30.3 Å². The fourth-order valence-corrected chi connectivity index (χ4v) is 4.00. The van der Waals surface area contributed by atoms with Crippen LogP contribution >= 0.6 is 23.1 Å². The molecule has 1 saturated heterocycles. The second-order valence-corrected chi connectivity index (χ2v) is 7.21. The number of carboxylic acids is 1. The number of carbonyl (C=O) groups excluding carboxylic acids is 3. The second-order valence-electron chi connectivity index (χ2n) is 5.14. The van der Waals surface area contributed by atoms with E-state index >= 15 is 0 Å². The standard InChI is InChI=1S/C14H17N3O6S2/c1-2-23-11(19)3-7-5-25-14(16-7)17-10(18)4-9(12(17)20)24-6-8(15)13(21)22/h5,8-9H,2-4,6,15H2,1H3,(H,21,22). The highest BCUT2D eigenvalue weighted by Gasteiger charge is 2.41. The van der Waals surface area contributed by atoms with Gasteiger partial charge >= 0.3 is 11.9 Å². The van der Waals surface area contributed by atoms with Gasteiger partial charge in [-0.25, -0.2) is 9.88 Å². The molecule has 136 valence electrons. The number of nitrogens with zero attached hydrogens (tertiary/aromatic N) is 2. The molecule has 1 fully saturated rings. The predicted molar refractivity (Wildman–Crippen MR) is 91.4 cm³/mol. The smallest absolute Gasteiger partial charge is 0.321 e. The summed E-state index contributed by atoms with van der Waals surface area (Å²) in [4.78, 5) is 51.8. The first-order valence-corrected chi connectivity index (χ1v) is 9.33. The molecule has 0 radical (unpaired) electrons. The first kappa shape index (κ1) is 19.3. The second kappa shape index (κ2) is 8.41. The number of nitrogens with two attached hydrogens (primary N) is 1. The molecule has 11 heteroatoms. The minimum absolute atomic E-state index is 0.0266. The molecule has 25 heavy (non-hydrogen) atoms. The van der Waals surface area contributed by atoms with Gasteiger partial charge in [-0.1, -0.05) is 0 Å². The number of ether oxygens (including phenoxy) is 1. The Morgan fingerprint density at radius 2 is 2.28 bits per heavy atom. The number of aliphatic carboxylic acids is 1. The number of anilines is 1. The highest BCUT2D eigenvalue weighted by atomic mass is 32.2. The van der Waals surface area contributed by atoms with Gasteiger partial charge in [-0.2, -0.15) is 0 Å². The van der Waals surface area contributed by atoms with Crippen LogP contribution in [0.2, 0.25) is 0 Å². The van der Waals surface area contributed by atoms with Crippen LogP contribution < -0.4 is 10.6 Å². The highest BCUT2D eigenvalue weighted by Crippen LogP contribution is 2.31. The molecule has 0 aliphatic carbocycles. The summed E-state index contributed by atoms with van der Waals surface area (Å²) in [7, 11) is 0. The van der Waals surface area contributed by atoms with Gasteiger partial charge in [-0.3, -0.25) is 19.2 Å². The molecule has 1 aliphatic rings. The highest BCUT2D eigenvalue weighted by molar-refractivity contribution is 8.00. The van der Waals surface area contributed by atoms with Gasteiger partial charge in [0.2, 0.25) is 11.8 Å². The Kier molecular flexibility index (Phi) is 6.51. The van der Waals surface area contributed by atoms with Gasteiger partial charge in [0.25, 0.3) is 0 Å². The lowest BCUT2D eigenvalue weighted by molar-refractivity contribution is -0.142. The van der Waals surface area contributed by atoms with Gasteiger partial charge in [0.1, 0.15) is 6.04 Å². The van der Waals surface area contributed by atoms with Crippen molar-refractivity contribution < 1.29 is 29.0 Å². The first-order valence-electron chi connectivity index (χ1n) is 7.40. The van der Waals surface area contributed by atoms with Crippen LogP contribution in [-0.2, 0) is 30.3 Å². The predicted octanol–water partition coefficient (Wildman–Crippen LogP) is 0.0257. The molecule has 3 N–H and O–H groups in total. The van der Waals surface area contributed by atoms with E-state index in [1.807, 2.05) is 0 Å². The number of carbonyl (C=O) groups is 4. The molecule has 1 aromatic rings. The Balaban J connectivity index is 2.01. The zero-order chi connectivity index (χ0) is 18.6. The van der Waals surface area contributed by atoms with Crippen LogP contribution in [0.3, 0.4) is 0 Å². The number of thiazole rings is 1. The lowest BCUT2D eigenvalue weighted by atomic mass is 10.3. The van der Waals surface area contributed by atoms with E-state index in [1.54, 1.807) is 12.3 Å². The van der Waals surface area contributed by atoms with Crippen LogP contribution in [-0.4, -0.2) is 57.5 Å². The third kappa shape index (κ3) is 4.77. The monoisotopic (exact) mass is 387 g/mol. The van der Waals surface area contributed by atoms with Crippen molar-refractivity contribution in [2.45, 2.75) is 31.1 Å². The Labute approximate surface area is 151 Å². The number of thioether (sulfide) groups is 1. The molecule has 1 aromatic heterocycles. The minimum Gasteiger partial charge on any atom is -0.480 e. The Morgan fingerprint density at radius 1 is 1.56 bits per heavy atom. The van der Waals surface area contributed by atoms with Crippen molar-refractivity contribution in [1.82, 2.24) is 4.98 Å².